The van der Waals surface area contributed by atoms with Crippen LogP contribution in [0.3, 0.4) is 0 Å². The Bertz CT molecular complexity index is 970. The molecule has 0 unspecified atom stereocenters. The Balaban J connectivity index is 1.72. The molecule has 1 aliphatic heterocycles. The predicted octanol–water partition coefficient (Wildman–Crippen LogP) is 3.52. The molecule has 2 heterocycles. The average molecular weight is 361 g/mol. The number of piperazine rings is 1. The fourth-order valence-corrected chi connectivity index (χ4v) is 3.96. The normalized spacial score (nSPS) is 16.3. The lowest BCUT2D eigenvalue weighted by Crippen LogP contribution is -2.48. The molecule has 4 heteroatoms. The van der Waals surface area contributed by atoms with Crippen LogP contribution in [0.5, 0.6) is 0 Å². The van der Waals surface area contributed by atoms with Gasteiger partial charge in [0.05, 0.1) is 0 Å². The summed E-state index contributed by atoms with van der Waals surface area (Å²) in [6, 6.07) is 20.6. The third-order valence-electron chi connectivity index (χ3n) is 5.54. The number of hydrogen-bond acceptors (Lipinski definition) is 3. The van der Waals surface area contributed by atoms with Crippen molar-refractivity contribution in [1.82, 2.24) is 14.4 Å². The van der Waals surface area contributed by atoms with Gasteiger partial charge in [-0.05, 0) is 43.5 Å². The van der Waals surface area contributed by atoms with Gasteiger partial charge in [-0.2, -0.15) is 0 Å². The summed E-state index contributed by atoms with van der Waals surface area (Å²) >= 11 is 0. The van der Waals surface area contributed by atoms with E-state index < -0.39 is 0 Å². The van der Waals surface area contributed by atoms with E-state index in [0.29, 0.717) is 6.04 Å². The van der Waals surface area contributed by atoms with Gasteiger partial charge in [-0.3, -0.25) is 19.2 Å². The van der Waals surface area contributed by atoms with E-state index in [4.69, 9.17) is 0 Å². The van der Waals surface area contributed by atoms with Crippen LogP contribution in [0, 0.1) is 0 Å². The van der Waals surface area contributed by atoms with Crippen LogP contribution in [-0.4, -0.2) is 46.6 Å². The van der Waals surface area contributed by atoms with Crippen LogP contribution in [0.15, 0.2) is 65.5 Å². The highest BCUT2D eigenvalue weighted by Crippen LogP contribution is 2.18. The monoisotopic (exact) mass is 361 g/mol. The quantitative estimate of drug-likeness (QED) is 0.712. The topological polar surface area (TPSA) is 28.5 Å². The highest BCUT2D eigenvalue weighted by Gasteiger charge is 2.20. The Labute approximate surface area is 160 Å². The molecule has 0 spiro atoms. The van der Waals surface area contributed by atoms with E-state index in [-0.39, 0.29) is 5.56 Å². The summed E-state index contributed by atoms with van der Waals surface area (Å²) in [5.41, 5.74) is 2.06. The third-order valence-corrected chi connectivity index (χ3v) is 5.54. The maximum Gasteiger partial charge on any atom is 0.263 e. The van der Waals surface area contributed by atoms with Crippen LogP contribution >= 0.6 is 0 Å². The minimum Gasteiger partial charge on any atom is -0.298 e. The van der Waals surface area contributed by atoms with Crippen molar-refractivity contribution >= 4 is 10.8 Å². The van der Waals surface area contributed by atoms with Crippen molar-refractivity contribution in [3.05, 3.63) is 76.7 Å². The Morgan fingerprint density at radius 3 is 2.26 bits per heavy atom. The van der Waals surface area contributed by atoms with E-state index in [1.165, 1.54) is 0 Å². The molecular weight excluding hydrogens is 334 g/mol. The molecule has 2 aromatic carbocycles. The highest BCUT2D eigenvalue weighted by atomic mass is 16.1. The first-order valence-corrected chi connectivity index (χ1v) is 9.79. The largest absolute Gasteiger partial charge is 0.298 e. The Morgan fingerprint density at radius 1 is 0.889 bits per heavy atom. The van der Waals surface area contributed by atoms with E-state index >= 15 is 0 Å². The van der Waals surface area contributed by atoms with E-state index in [0.717, 1.165) is 54.9 Å². The number of pyridine rings is 1. The van der Waals surface area contributed by atoms with Crippen molar-refractivity contribution in [2.24, 2.45) is 0 Å². The van der Waals surface area contributed by atoms with Gasteiger partial charge in [-0.15, -0.1) is 0 Å². The van der Waals surface area contributed by atoms with Gasteiger partial charge in [0.2, 0.25) is 0 Å². The van der Waals surface area contributed by atoms with Gasteiger partial charge in [0, 0.05) is 55.5 Å². The Kier molecular flexibility index (Phi) is 5.10. The molecule has 140 valence electrons. The number of aromatic nitrogens is 1. The summed E-state index contributed by atoms with van der Waals surface area (Å²) in [4.78, 5) is 18.2. The summed E-state index contributed by atoms with van der Waals surface area (Å²) in [5.74, 6) is 0. The number of benzene rings is 2. The summed E-state index contributed by atoms with van der Waals surface area (Å²) in [6.45, 7) is 9.54. The van der Waals surface area contributed by atoms with Gasteiger partial charge >= 0.3 is 0 Å². The molecule has 1 fully saturated rings. The second-order valence-corrected chi connectivity index (χ2v) is 7.60. The molecule has 1 aliphatic rings. The molecule has 0 N–H and O–H groups in total. The first kappa shape index (κ1) is 18.0. The maximum atomic E-state index is 13.3. The van der Waals surface area contributed by atoms with Gasteiger partial charge in [0.25, 0.3) is 5.56 Å². The molecule has 4 rings (SSSR count). The van der Waals surface area contributed by atoms with Crippen molar-refractivity contribution in [1.29, 1.82) is 0 Å². The number of rotatable bonds is 4. The summed E-state index contributed by atoms with van der Waals surface area (Å²) in [5, 5.41) is 1.79. The van der Waals surface area contributed by atoms with E-state index in [1.807, 2.05) is 59.2 Å². The SMILES string of the molecule is CC(C)N1CCN(Cc2cc3ccccc3c(=O)n2-c2ccccc2)CC1. The fraction of sp³-hybridized carbons (Fsp3) is 0.348. The molecule has 1 aromatic heterocycles. The number of nitrogens with zero attached hydrogens (tertiary/aromatic N) is 3. The van der Waals surface area contributed by atoms with Gasteiger partial charge < -0.3 is 0 Å². The summed E-state index contributed by atoms with van der Waals surface area (Å²) in [6.07, 6.45) is 0. The molecule has 3 aromatic rings. The van der Waals surface area contributed by atoms with Gasteiger partial charge in [0.1, 0.15) is 0 Å². The van der Waals surface area contributed by atoms with Crippen molar-refractivity contribution in [3.63, 3.8) is 0 Å². The molecule has 0 aliphatic carbocycles. The van der Waals surface area contributed by atoms with E-state index in [9.17, 15) is 4.79 Å². The number of para-hydroxylation sites is 1. The van der Waals surface area contributed by atoms with E-state index in [1.54, 1.807) is 0 Å². The number of hydrogen-bond donors (Lipinski definition) is 0. The van der Waals surface area contributed by atoms with Gasteiger partial charge in [0.15, 0.2) is 0 Å². The molecular formula is C23H27N3O. The lowest BCUT2D eigenvalue weighted by atomic mass is 10.1. The summed E-state index contributed by atoms with van der Waals surface area (Å²) < 4.78 is 1.89. The molecule has 0 atom stereocenters. The molecule has 4 nitrogen and oxygen atoms in total. The Morgan fingerprint density at radius 2 is 1.56 bits per heavy atom. The Hall–Kier alpha value is -2.43. The van der Waals surface area contributed by atoms with Crippen LogP contribution in [0.2, 0.25) is 0 Å². The van der Waals surface area contributed by atoms with Gasteiger partial charge in [-0.25, -0.2) is 0 Å². The maximum absolute atomic E-state index is 13.3. The number of fused-ring (bicyclic) bond motifs is 1. The second kappa shape index (κ2) is 7.67. The highest BCUT2D eigenvalue weighted by molar-refractivity contribution is 5.82. The van der Waals surface area contributed by atoms with Crippen LogP contribution in [0.1, 0.15) is 19.5 Å². The zero-order valence-corrected chi connectivity index (χ0v) is 16.1. The molecule has 1 saturated heterocycles. The zero-order valence-electron chi connectivity index (χ0n) is 16.1. The molecule has 27 heavy (non-hydrogen) atoms. The molecule has 0 radical (unpaired) electrons. The van der Waals surface area contributed by atoms with Crippen molar-refractivity contribution in [2.45, 2.75) is 26.4 Å². The van der Waals surface area contributed by atoms with Crippen molar-refractivity contribution in [2.75, 3.05) is 26.2 Å². The summed E-state index contributed by atoms with van der Waals surface area (Å²) in [7, 11) is 0. The molecule has 0 saturated carbocycles. The fourth-order valence-electron chi connectivity index (χ4n) is 3.96. The average Bonchev–Trinajstić information content (AvgIpc) is 2.69. The smallest absolute Gasteiger partial charge is 0.263 e. The minimum atomic E-state index is 0.0649. The van der Waals surface area contributed by atoms with Crippen molar-refractivity contribution < 1.29 is 0 Å². The lowest BCUT2D eigenvalue weighted by Gasteiger charge is -2.37. The van der Waals surface area contributed by atoms with E-state index in [2.05, 4.69) is 29.7 Å². The predicted molar refractivity (Wildman–Crippen MR) is 112 cm³/mol. The van der Waals surface area contributed by atoms with Crippen LogP contribution in [0.4, 0.5) is 0 Å². The van der Waals surface area contributed by atoms with Crippen LogP contribution in [0.25, 0.3) is 16.5 Å². The molecule has 0 bridgehead atoms. The standard InChI is InChI=1S/C23H27N3O/c1-18(2)25-14-12-24(13-15-25)17-21-16-19-8-6-7-11-22(19)23(27)26(21)20-9-4-3-5-10-20/h3-11,16,18H,12-15,17H2,1-2H3. The van der Waals surface area contributed by atoms with Crippen LogP contribution in [-0.2, 0) is 6.54 Å². The molecule has 0 amide bonds. The minimum absolute atomic E-state index is 0.0649. The lowest BCUT2D eigenvalue weighted by molar-refractivity contribution is 0.103. The third kappa shape index (κ3) is 3.68. The second-order valence-electron chi connectivity index (χ2n) is 7.60. The van der Waals surface area contributed by atoms with Gasteiger partial charge in [-0.1, -0.05) is 36.4 Å². The van der Waals surface area contributed by atoms with Crippen molar-refractivity contribution in [3.8, 4) is 5.69 Å². The first-order chi connectivity index (χ1) is 13.1. The zero-order chi connectivity index (χ0) is 18.8. The van der Waals surface area contributed by atoms with Crippen LogP contribution < -0.4 is 5.56 Å². The first-order valence-electron chi connectivity index (χ1n) is 9.79.